The van der Waals surface area contributed by atoms with Crippen LogP contribution in [0.3, 0.4) is 0 Å². The summed E-state index contributed by atoms with van der Waals surface area (Å²) in [6, 6.07) is 9.93. The number of alkyl halides is 2. The van der Waals surface area contributed by atoms with E-state index in [1.165, 1.54) is 0 Å². The highest BCUT2D eigenvalue weighted by Gasteiger charge is 2.26. The Labute approximate surface area is 211 Å². The minimum absolute atomic E-state index is 0.164. The average Bonchev–Trinajstić information content (AvgIpc) is 3.51. The second kappa shape index (κ2) is 10.2. The maximum atomic E-state index is 12.7. The highest BCUT2D eigenvalue weighted by atomic mass is 32.1. The molecule has 5 rings (SSSR count). The number of nitriles is 1. The molecule has 5 heterocycles. The van der Waals surface area contributed by atoms with Gasteiger partial charge in [-0.3, -0.25) is 9.88 Å². The Kier molecular flexibility index (Phi) is 6.89. The van der Waals surface area contributed by atoms with Crippen LogP contribution in [0.15, 0.2) is 36.7 Å². The number of halogens is 2. The summed E-state index contributed by atoms with van der Waals surface area (Å²) in [5, 5.41) is 27.7. The molecule has 1 N–H and O–H groups in total. The quantitative estimate of drug-likeness (QED) is 0.373. The molecule has 0 aliphatic carbocycles. The predicted molar refractivity (Wildman–Crippen MR) is 135 cm³/mol. The fraction of sp³-hybridized carbons (Fsp3) is 0.400. The van der Waals surface area contributed by atoms with Gasteiger partial charge < -0.3 is 5.32 Å². The van der Waals surface area contributed by atoms with Gasteiger partial charge in [-0.2, -0.15) is 10.4 Å². The lowest BCUT2D eigenvalue weighted by Gasteiger charge is -2.30. The van der Waals surface area contributed by atoms with Crippen molar-refractivity contribution >= 4 is 22.5 Å². The Hall–Kier alpha value is -3.49. The van der Waals surface area contributed by atoms with Crippen LogP contribution in [-0.2, 0) is 0 Å². The molecule has 0 aromatic carbocycles. The van der Waals surface area contributed by atoms with Gasteiger partial charge in [0, 0.05) is 23.8 Å². The molecule has 0 amide bonds. The predicted octanol–water partition coefficient (Wildman–Crippen LogP) is 5.05. The van der Waals surface area contributed by atoms with Crippen LogP contribution in [0.5, 0.6) is 0 Å². The molecule has 186 valence electrons. The molecule has 36 heavy (non-hydrogen) atoms. The normalized spacial score (nSPS) is 15.1. The Morgan fingerprint density at radius 3 is 2.69 bits per heavy atom. The van der Waals surface area contributed by atoms with E-state index in [1.54, 1.807) is 34.3 Å². The summed E-state index contributed by atoms with van der Waals surface area (Å²) in [5.41, 5.74) is 4.66. The third kappa shape index (κ3) is 5.05. The van der Waals surface area contributed by atoms with E-state index in [2.05, 4.69) is 40.5 Å². The van der Waals surface area contributed by atoms with E-state index in [9.17, 15) is 8.78 Å². The van der Waals surface area contributed by atoms with E-state index in [1.807, 2.05) is 23.1 Å². The second-order valence-electron chi connectivity index (χ2n) is 9.24. The molecule has 0 atom stereocenters. The lowest BCUT2D eigenvalue weighted by Crippen LogP contribution is -2.36. The molecule has 1 fully saturated rings. The lowest BCUT2D eigenvalue weighted by molar-refractivity contribution is 0.0754. The van der Waals surface area contributed by atoms with Crippen molar-refractivity contribution in [2.24, 2.45) is 0 Å². The average molecular weight is 509 g/mol. The molecule has 4 aromatic heterocycles. The van der Waals surface area contributed by atoms with Gasteiger partial charge in [-0.15, -0.1) is 10.2 Å². The lowest BCUT2D eigenvalue weighted by atomic mass is 9.98. The third-order valence-corrected chi connectivity index (χ3v) is 7.36. The van der Waals surface area contributed by atoms with E-state index in [4.69, 9.17) is 10.2 Å². The third-order valence-electron chi connectivity index (χ3n) is 6.24. The van der Waals surface area contributed by atoms with Crippen molar-refractivity contribution in [1.82, 2.24) is 29.7 Å². The number of likely N-dealkylation sites (tertiary alicyclic amines) is 1. The van der Waals surface area contributed by atoms with E-state index in [-0.39, 0.29) is 18.5 Å². The molecule has 0 bridgehead atoms. The zero-order chi connectivity index (χ0) is 25.2. The number of hydrogen-bond donors (Lipinski definition) is 1. The zero-order valence-corrected chi connectivity index (χ0v) is 20.8. The first kappa shape index (κ1) is 24.2. The van der Waals surface area contributed by atoms with Gasteiger partial charge in [-0.1, -0.05) is 11.3 Å². The van der Waals surface area contributed by atoms with Gasteiger partial charge >= 0.3 is 0 Å². The van der Waals surface area contributed by atoms with Crippen LogP contribution < -0.4 is 5.32 Å². The summed E-state index contributed by atoms with van der Waals surface area (Å²) in [6.07, 6.45) is 2.65. The van der Waals surface area contributed by atoms with Gasteiger partial charge in [0.15, 0.2) is 5.01 Å². The fourth-order valence-corrected chi connectivity index (χ4v) is 5.55. The number of fused-ring (bicyclic) bond motifs is 1. The number of anilines is 1. The van der Waals surface area contributed by atoms with Gasteiger partial charge in [0.2, 0.25) is 0 Å². The van der Waals surface area contributed by atoms with Crippen LogP contribution in [0.1, 0.15) is 43.2 Å². The van der Waals surface area contributed by atoms with Crippen LogP contribution in [-0.4, -0.2) is 61.8 Å². The summed E-state index contributed by atoms with van der Waals surface area (Å²) in [7, 11) is 0. The Balaban J connectivity index is 1.42. The zero-order valence-electron chi connectivity index (χ0n) is 20.0. The molecular weight excluding hydrogens is 482 g/mol. The first-order chi connectivity index (χ1) is 17.4. The Bertz CT molecular complexity index is 1400. The molecule has 0 unspecified atom stereocenters. The SMILES string of the molecule is CC(C)Nc1cc(-c2ccc3cc(C#N)cnn23)ncc1-c1nnc(C2CCN(CC(F)F)CC2)s1. The summed E-state index contributed by atoms with van der Waals surface area (Å²) in [6.45, 7) is 5.27. The molecule has 1 aliphatic heterocycles. The highest BCUT2D eigenvalue weighted by Crippen LogP contribution is 2.37. The molecule has 0 radical (unpaired) electrons. The Morgan fingerprint density at radius 1 is 1.17 bits per heavy atom. The van der Waals surface area contributed by atoms with Crippen molar-refractivity contribution in [3.8, 4) is 28.0 Å². The number of nitrogens with zero attached hydrogens (tertiary/aromatic N) is 7. The molecule has 8 nitrogen and oxygen atoms in total. The molecule has 11 heteroatoms. The first-order valence-corrected chi connectivity index (χ1v) is 12.7. The van der Waals surface area contributed by atoms with E-state index >= 15 is 0 Å². The van der Waals surface area contributed by atoms with Crippen molar-refractivity contribution in [2.45, 2.75) is 45.1 Å². The summed E-state index contributed by atoms with van der Waals surface area (Å²) < 4.78 is 27.2. The molecule has 4 aromatic rings. The smallest absolute Gasteiger partial charge is 0.251 e. The van der Waals surface area contributed by atoms with E-state index in [0.29, 0.717) is 18.7 Å². The monoisotopic (exact) mass is 508 g/mol. The summed E-state index contributed by atoms with van der Waals surface area (Å²) >= 11 is 1.54. The molecule has 0 saturated carbocycles. The van der Waals surface area contributed by atoms with Crippen LogP contribution in [0.2, 0.25) is 0 Å². The van der Waals surface area contributed by atoms with Crippen molar-refractivity contribution in [2.75, 3.05) is 25.0 Å². The van der Waals surface area contributed by atoms with Crippen molar-refractivity contribution in [1.29, 1.82) is 5.26 Å². The minimum Gasteiger partial charge on any atom is -0.382 e. The number of piperidine rings is 1. The maximum Gasteiger partial charge on any atom is 0.251 e. The van der Waals surface area contributed by atoms with Crippen molar-refractivity contribution < 1.29 is 8.78 Å². The van der Waals surface area contributed by atoms with Crippen molar-refractivity contribution in [3.05, 3.63) is 47.2 Å². The van der Waals surface area contributed by atoms with Crippen LogP contribution in [0, 0.1) is 11.3 Å². The van der Waals surface area contributed by atoms with E-state index in [0.717, 1.165) is 51.0 Å². The first-order valence-electron chi connectivity index (χ1n) is 11.9. The number of nitrogens with one attached hydrogen (secondary N) is 1. The number of pyridine rings is 1. The number of rotatable bonds is 7. The van der Waals surface area contributed by atoms with Crippen LogP contribution in [0.4, 0.5) is 14.5 Å². The largest absolute Gasteiger partial charge is 0.382 e. The summed E-state index contributed by atoms with van der Waals surface area (Å²) in [5.74, 6) is 0.232. The van der Waals surface area contributed by atoms with Gasteiger partial charge in [-0.25, -0.2) is 13.3 Å². The van der Waals surface area contributed by atoms with Gasteiger partial charge in [0.25, 0.3) is 6.43 Å². The van der Waals surface area contributed by atoms with Crippen molar-refractivity contribution in [3.63, 3.8) is 0 Å². The minimum atomic E-state index is -2.30. The number of hydrogen-bond acceptors (Lipinski definition) is 8. The standard InChI is InChI=1S/C25H26F2N8S/c1-15(2)31-20-10-21(22-4-3-18-9-16(11-28)12-30-35(18)22)29-13-19(20)25-33-32-24(36-25)17-5-7-34(8-6-17)14-23(26)27/h3-4,9-10,12-13,15,17,23H,5-8,14H2,1-2H3,(H,29,31). The second-order valence-corrected chi connectivity index (χ2v) is 10.2. The highest BCUT2D eigenvalue weighted by molar-refractivity contribution is 7.14. The fourth-order valence-electron chi connectivity index (χ4n) is 4.52. The molecule has 1 saturated heterocycles. The molecule has 1 aliphatic rings. The Morgan fingerprint density at radius 2 is 1.97 bits per heavy atom. The van der Waals surface area contributed by atoms with Gasteiger partial charge in [0.05, 0.1) is 40.8 Å². The molecular formula is C25H26F2N8S. The summed E-state index contributed by atoms with van der Waals surface area (Å²) in [4.78, 5) is 6.53. The van der Waals surface area contributed by atoms with Crippen LogP contribution in [0.25, 0.3) is 27.5 Å². The maximum absolute atomic E-state index is 12.7. The molecule has 0 spiro atoms. The van der Waals surface area contributed by atoms with Gasteiger partial charge in [0.1, 0.15) is 11.1 Å². The van der Waals surface area contributed by atoms with E-state index < -0.39 is 6.43 Å². The number of aromatic nitrogens is 5. The topological polar surface area (TPSA) is 95.0 Å². The van der Waals surface area contributed by atoms with Gasteiger partial charge in [-0.05, 0) is 64.0 Å². The van der Waals surface area contributed by atoms with Crippen LogP contribution >= 0.6 is 11.3 Å².